The van der Waals surface area contributed by atoms with E-state index in [0.29, 0.717) is 11.3 Å². The molecule has 30 heavy (non-hydrogen) atoms. The topological polar surface area (TPSA) is 93.5 Å². The average molecular weight is 480 g/mol. The van der Waals surface area contributed by atoms with Gasteiger partial charge in [0.25, 0.3) is 5.56 Å². The highest BCUT2D eigenvalue weighted by Gasteiger charge is 2.19. The second-order valence-electron chi connectivity index (χ2n) is 6.28. The Bertz CT molecular complexity index is 1200. The highest BCUT2D eigenvalue weighted by Crippen LogP contribution is 2.26. The molecule has 0 aliphatic heterocycles. The van der Waals surface area contributed by atoms with E-state index in [-0.39, 0.29) is 34.0 Å². The van der Waals surface area contributed by atoms with Gasteiger partial charge in [-0.1, -0.05) is 6.07 Å². The number of anilines is 1. The van der Waals surface area contributed by atoms with Crippen molar-refractivity contribution >= 4 is 27.8 Å². The van der Waals surface area contributed by atoms with E-state index in [1.54, 1.807) is 13.0 Å². The third kappa shape index (κ3) is 4.18. The van der Waals surface area contributed by atoms with Gasteiger partial charge in [-0.05, 0) is 52.7 Å². The van der Waals surface area contributed by atoms with Crippen molar-refractivity contribution in [2.45, 2.75) is 13.5 Å². The molecule has 0 aliphatic carbocycles. The van der Waals surface area contributed by atoms with Crippen LogP contribution in [-0.2, 0) is 6.61 Å². The summed E-state index contributed by atoms with van der Waals surface area (Å²) in [7, 11) is 1.53. The minimum absolute atomic E-state index is 0.00721. The average Bonchev–Trinajstić information content (AvgIpc) is 2.70. The molecule has 2 N–H and O–H groups in total. The van der Waals surface area contributed by atoms with Crippen molar-refractivity contribution in [3.8, 4) is 11.6 Å². The number of hydrogen-bond acceptors (Lipinski definition) is 5. The Kier molecular flexibility index (Phi) is 6.16. The molecule has 3 aromatic rings. The van der Waals surface area contributed by atoms with Gasteiger partial charge in [0, 0.05) is 18.7 Å². The summed E-state index contributed by atoms with van der Waals surface area (Å²) in [5, 5.41) is 12.0. The van der Waals surface area contributed by atoms with E-state index in [9.17, 15) is 23.5 Å². The lowest BCUT2D eigenvalue weighted by molar-refractivity contribution is 0.0697. The highest BCUT2D eigenvalue weighted by molar-refractivity contribution is 9.10. The first-order chi connectivity index (χ1) is 14.2. The van der Waals surface area contributed by atoms with Crippen molar-refractivity contribution in [2.75, 3.05) is 12.4 Å². The number of aryl methyl sites for hydroxylation is 1. The molecule has 0 bridgehead atoms. The van der Waals surface area contributed by atoms with Crippen LogP contribution in [0.3, 0.4) is 0 Å². The Morgan fingerprint density at radius 1 is 1.27 bits per heavy atom. The minimum Gasteiger partial charge on any atom is -0.478 e. The molecule has 0 unspecified atom stereocenters. The fourth-order valence-corrected chi connectivity index (χ4v) is 3.12. The molecule has 3 rings (SSSR count). The van der Waals surface area contributed by atoms with Crippen molar-refractivity contribution in [3.05, 3.63) is 79.5 Å². The van der Waals surface area contributed by atoms with Crippen LogP contribution in [0, 0.1) is 18.6 Å². The summed E-state index contributed by atoms with van der Waals surface area (Å²) < 4.78 is 33.5. The molecule has 0 aliphatic rings. The molecule has 10 heteroatoms. The van der Waals surface area contributed by atoms with E-state index in [0.717, 1.165) is 12.1 Å². The number of benzene rings is 2. The lowest BCUT2D eigenvalue weighted by Gasteiger charge is -2.17. The van der Waals surface area contributed by atoms with E-state index in [4.69, 9.17) is 4.74 Å². The summed E-state index contributed by atoms with van der Waals surface area (Å²) in [4.78, 5) is 28.6. The minimum atomic E-state index is -1.14. The molecule has 0 saturated carbocycles. The summed E-state index contributed by atoms with van der Waals surface area (Å²) >= 11 is 3.15. The summed E-state index contributed by atoms with van der Waals surface area (Å²) in [5.41, 5.74) is 0.510. The van der Waals surface area contributed by atoms with Crippen molar-refractivity contribution in [3.63, 3.8) is 0 Å². The fourth-order valence-electron chi connectivity index (χ4n) is 2.74. The second kappa shape index (κ2) is 8.62. The number of carboxylic acids is 1. The lowest BCUT2D eigenvalue weighted by atomic mass is 10.1. The number of hydrogen-bond donors (Lipinski definition) is 2. The van der Waals surface area contributed by atoms with Crippen molar-refractivity contribution in [2.24, 2.45) is 0 Å². The first kappa shape index (κ1) is 21.4. The zero-order valence-corrected chi connectivity index (χ0v) is 17.5. The van der Waals surface area contributed by atoms with E-state index >= 15 is 0 Å². The number of rotatable bonds is 6. The standard InChI is InChI=1S/C20H16BrF2N3O4/c1-10-3-4-11(19(28)29)7-15(10)26-18(27)16(21)17(25-20(26)24-2)30-9-12-5-6-13(22)8-14(12)23/h3-8H,9H2,1-2H3,(H,24,25)(H,28,29). The number of aromatic carboxylic acids is 1. The molecule has 0 amide bonds. The van der Waals surface area contributed by atoms with Crippen LogP contribution in [0.5, 0.6) is 5.88 Å². The van der Waals surface area contributed by atoms with E-state index in [1.807, 2.05) is 0 Å². The molecule has 2 aromatic carbocycles. The fraction of sp³-hybridized carbons (Fsp3) is 0.150. The smallest absolute Gasteiger partial charge is 0.335 e. The molecule has 1 heterocycles. The Labute approximate surface area is 178 Å². The Hall–Kier alpha value is -3.27. The number of nitrogens with one attached hydrogen (secondary N) is 1. The first-order valence-electron chi connectivity index (χ1n) is 8.64. The Balaban J connectivity index is 2.05. The molecule has 0 saturated heterocycles. The van der Waals surface area contributed by atoms with Crippen LogP contribution in [0.4, 0.5) is 14.7 Å². The number of halogens is 3. The van der Waals surface area contributed by atoms with Crippen LogP contribution in [0.2, 0.25) is 0 Å². The van der Waals surface area contributed by atoms with Crippen LogP contribution in [-0.4, -0.2) is 27.7 Å². The maximum Gasteiger partial charge on any atom is 0.335 e. The van der Waals surface area contributed by atoms with Crippen molar-refractivity contribution in [1.82, 2.24) is 9.55 Å². The van der Waals surface area contributed by atoms with Gasteiger partial charge in [-0.3, -0.25) is 4.79 Å². The van der Waals surface area contributed by atoms with Gasteiger partial charge in [0.1, 0.15) is 22.7 Å². The summed E-state index contributed by atoms with van der Waals surface area (Å²) in [6.45, 7) is 1.44. The van der Waals surface area contributed by atoms with E-state index in [1.165, 1.54) is 29.8 Å². The summed E-state index contributed by atoms with van der Waals surface area (Å²) in [6.07, 6.45) is 0. The number of nitrogens with zero attached hydrogens (tertiary/aromatic N) is 2. The maximum absolute atomic E-state index is 13.8. The van der Waals surface area contributed by atoms with Gasteiger partial charge in [-0.15, -0.1) is 0 Å². The lowest BCUT2D eigenvalue weighted by Crippen LogP contribution is -2.25. The van der Waals surface area contributed by atoms with Crippen LogP contribution < -0.4 is 15.6 Å². The molecular formula is C20H16BrF2N3O4. The molecule has 156 valence electrons. The van der Waals surface area contributed by atoms with E-state index in [2.05, 4.69) is 26.2 Å². The molecule has 0 atom stereocenters. The van der Waals surface area contributed by atoms with Gasteiger partial charge >= 0.3 is 5.97 Å². The van der Waals surface area contributed by atoms with Crippen LogP contribution in [0.15, 0.2) is 45.7 Å². The van der Waals surface area contributed by atoms with Gasteiger partial charge in [-0.2, -0.15) is 4.98 Å². The van der Waals surface area contributed by atoms with E-state index < -0.39 is 23.2 Å². The van der Waals surface area contributed by atoms with Crippen molar-refractivity contribution in [1.29, 1.82) is 0 Å². The SMILES string of the molecule is CNc1nc(OCc2ccc(F)cc2F)c(Br)c(=O)n1-c1cc(C(=O)O)ccc1C. The second-order valence-corrected chi connectivity index (χ2v) is 7.07. The normalized spacial score (nSPS) is 10.7. The molecule has 1 aromatic heterocycles. The quantitative estimate of drug-likeness (QED) is 0.556. The predicted octanol–water partition coefficient (Wildman–Crippen LogP) is 3.90. The zero-order valence-electron chi connectivity index (χ0n) is 15.9. The van der Waals surface area contributed by atoms with Crippen LogP contribution in [0.25, 0.3) is 5.69 Å². The number of carbonyl (C=O) groups is 1. The predicted molar refractivity (Wildman–Crippen MR) is 109 cm³/mol. The summed E-state index contributed by atoms with van der Waals surface area (Å²) in [6, 6.07) is 7.45. The Morgan fingerprint density at radius 2 is 2.00 bits per heavy atom. The van der Waals surface area contributed by atoms with Gasteiger partial charge in [0.2, 0.25) is 11.8 Å². The molecule has 0 radical (unpaired) electrons. The molecule has 7 nitrogen and oxygen atoms in total. The third-order valence-electron chi connectivity index (χ3n) is 4.30. The largest absolute Gasteiger partial charge is 0.478 e. The number of aromatic nitrogens is 2. The van der Waals surface area contributed by atoms with Gasteiger partial charge in [0.15, 0.2) is 0 Å². The number of ether oxygens (including phenoxy) is 1. The third-order valence-corrected chi connectivity index (χ3v) is 4.98. The van der Waals surface area contributed by atoms with Crippen molar-refractivity contribution < 1.29 is 23.4 Å². The summed E-state index contributed by atoms with van der Waals surface area (Å²) in [5.74, 6) is -2.65. The Morgan fingerprint density at radius 3 is 2.63 bits per heavy atom. The van der Waals surface area contributed by atoms with Gasteiger partial charge in [-0.25, -0.2) is 18.1 Å². The van der Waals surface area contributed by atoms with Crippen LogP contribution >= 0.6 is 15.9 Å². The first-order valence-corrected chi connectivity index (χ1v) is 9.43. The molecule has 0 fully saturated rings. The monoisotopic (exact) mass is 479 g/mol. The zero-order chi connectivity index (χ0) is 22.0. The number of carboxylic acid groups (broad SMARTS) is 1. The highest BCUT2D eigenvalue weighted by atomic mass is 79.9. The molecular weight excluding hydrogens is 464 g/mol. The molecule has 0 spiro atoms. The van der Waals surface area contributed by atoms with Gasteiger partial charge < -0.3 is 15.2 Å². The van der Waals surface area contributed by atoms with Gasteiger partial charge in [0.05, 0.1) is 11.3 Å². The van der Waals surface area contributed by atoms with Crippen LogP contribution in [0.1, 0.15) is 21.5 Å². The maximum atomic E-state index is 13.8.